The minimum Gasteiger partial charge on any atom is -0.396 e. The Morgan fingerprint density at radius 2 is 1.43 bits per heavy atom. The van der Waals surface area contributed by atoms with E-state index in [0.29, 0.717) is 23.4 Å². The van der Waals surface area contributed by atoms with E-state index in [1.165, 1.54) is 0 Å². The first kappa shape index (κ1) is 24.0. The summed E-state index contributed by atoms with van der Waals surface area (Å²) in [5.74, 6) is 0.583. The van der Waals surface area contributed by atoms with Gasteiger partial charge in [-0.25, -0.2) is 0 Å². The van der Waals surface area contributed by atoms with Gasteiger partial charge in [-0.05, 0) is 19.3 Å². The average molecular weight is 403 g/mol. The fourth-order valence-electron chi connectivity index (χ4n) is 3.16. The number of hydrogen-bond donors (Lipinski definition) is 1. The molecule has 1 atom stereocenters. The molecule has 6 heteroatoms. The lowest BCUT2D eigenvalue weighted by Crippen LogP contribution is -2.49. The van der Waals surface area contributed by atoms with Crippen LogP contribution < -0.4 is 0 Å². The van der Waals surface area contributed by atoms with Gasteiger partial charge in [-0.1, -0.05) is 27.7 Å². The molecule has 0 aromatic heterocycles. The van der Waals surface area contributed by atoms with Crippen molar-refractivity contribution in [2.45, 2.75) is 47.0 Å². The van der Waals surface area contributed by atoms with Crippen molar-refractivity contribution in [2.75, 3.05) is 72.7 Å². The summed E-state index contributed by atoms with van der Waals surface area (Å²) in [6.45, 7) is 17.0. The van der Waals surface area contributed by atoms with Crippen LogP contribution in [0.1, 0.15) is 47.0 Å². The lowest BCUT2D eigenvalue weighted by atomic mass is 9.83. The Labute approximate surface area is 171 Å². The van der Waals surface area contributed by atoms with E-state index < -0.39 is 0 Å². The van der Waals surface area contributed by atoms with Gasteiger partial charge in [0, 0.05) is 22.2 Å². The molecule has 0 aromatic carbocycles. The monoisotopic (exact) mass is 402 g/mol. The highest BCUT2D eigenvalue weighted by molar-refractivity contribution is 4.87. The Balaban J connectivity index is 0.000000203. The summed E-state index contributed by atoms with van der Waals surface area (Å²) in [4.78, 5) is 0. The molecule has 0 aromatic rings. The van der Waals surface area contributed by atoms with Gasteiger partial charge in [-0.15, -0.1) is 0 Å². The molecular weight excluding hydrogens is 360 g/mol. The molecule has 0 spiro atoms. The van der Waals surface area contributed by atoms with E-state index in [-0.39, 0.29) is 12.0 Å². The number of aliphatic hydroxyl groups is 1. The summed E-state index contributed by atoms with van der Waals surface area (Å²) >= 11 is 0. The van der Waals surface area contributed by atoms with Crippen LogP contribution in [0.15, 0.2) is 0 Å². The zero-order chi connectivity index (χ0) is 20.5. The van der Waals surface area contributed by atoms with Gasteiger partial charge in [0.05, 0.1) is 72.7 Å². The van der Waals surface area contributed by atoms with Crippen LogP contribution in [0, 0.1) is 22.2 Å². The third-order valence-electron chi connectivity index (χ3n) is 6.70. The molecular formula is C22H42O6. The van der Waals surface area contributed by atoms with Gasteiger partial charge < -0.3 is 28.8 Å². The third-order valence-corrected chi connectivity index (χ3v) is 6.70. The Morgan fingerprint density at radius 3 is 1.71 bits per heavy atom. The van der Waals surface area contributed by atoms with Crippen molar-refractivity contribution in [2.24, 2.45) is 22.2 Å². The van der Waals surface area contributed by atoms with Crippen LogP contribution in [0.4, 0.5) is 0 Å². The SMILES string of the molecule is CCC(C)(CO)COCC1COC1.CCC1(COCC2(CC)COC2)COC1. The molecule has 166 valence electrons. The van der Waals surface area contributed by atoms with Crippen molar-refractivity contribution in [3.63, 3.8) is 0 Å². The normalized spacial score (nSPS) is 24.8. The van der Waals surface area contributed by atoms with Crippen molar-refractivity contribution >= 4 is 0 Å². The summed E-state index contributed by atoms with van der Waals surface area (Å²) in [5, 5.41) is 9.12. The minimum atomic E-state index is -0.0649. The maximum absolute atomic E-state index is 9.12. The van der Waals surface area contributed by atoms with Gasteiger partial charge in [-0.2, -0.15) is 0 Å². The summed E-state index contributed by atoms with van der Waals surface area (Å²) in [7, 11) is 0. The summed E-state index contributed by atoms with van der Waals surface area (Å²) in [6.07, 6.45) is 3.26. The van der Waals surface area contributed by atoms with E-state index in [1.807, 2.05) is 6.92 Å². The van der Waals surface area contributed by atoms with Gasteiger partial charge in [0.1, 0.15) is 0 Å². The Hall–Kier alpha value is -0.240. The molecule has 1 unspecified atom stereocenters. The largest absolute Gasteiger partial charge is 0.396 e. The smallest absolute Gasteiger partial charge is 0.0566 e. The van der Waals surface area contributed by atoms with Crippen LogP contribution in [0.25, 0.3) is 0 Å². The molecule has 3 aliphatic heterocycles. The van der Waals surface area contributed by atoms with Crippen LogP contribution in [0.5, 0.6) is 0 Å². The minimum absolute atomic E-state index is 0.0649. The van der Waals surface area contributed by atoms with E-state index in [4.69, 9.17) is 28.8 Å². The molecule has 0 bridgehead atoms. The van der Waals surface area contributed by atoms with Crippen LogP contribution in [0.3, 0.4) is 0 Å². The highest BCUT2D eigenvalue weighted by Gasteiger charge is 2.40. The third kappa shape index (κ3) is 6.64. The predicted octanol–water partition coefficient (Wildman–Crippen LogP) is 2.91. The van der Waals surface area contributed by atoms with E-state index in [9.17, 15) is 0 Å². The first-order chi connectivity index (χ1) is 13.4. The van der Waals surface area contributed by atoms with Crippen LogP contribution >= 0.6 is 0 Å². The molecule has 0 amide bonds. The number of hydrogen-bond acceptors (Lipinski definition) is 6. The van der Waals surface area contributed by atoms with Crippen molar-refractivity contribution < 1.29 is 28.8 Å². The van der Waals surface area contributed by atoms with Gasteiger partial charge in [0.2, 0.25) is 0 Å². The number of aliphatic hydroxyl groups excluding tert-OH is 1. The maximum Gasteiger partial charge on any atom is 0.0566 e. The van der Waals surface area contributed by atoms with Crippen LogP contribution in [0.2, 0.25) is 0 Å². The molecule has 3 aliphatic rings. The van der Waals surface area contributed by atoms with E-state index in [0.717, 1.165) is 78.7 Å². The van der Waals surface area contributed by atoms with Gasteiger partial charge >= 0.3 is 0 Å². The summed E-state index contributed by atoms with van der Waals surface area (Å²) < 4.78 is 27.0. The van der Waals surface area contributed by atoms with Crippen LogP contribution in [-0.4, -0.2) is 77.8 Å². The van der Waals surface area contributed by atoms with Crippen LogP contribution in [-0.2, 0) is 23.7 Å². The Morgan fingerprint density at radius 1 is 0.893 bits per heavy atom. The Kier molecular flexibility index (Phi) is 9.64. The van der Waals surface area contributed by atoms with E-state index >= 15 is 0 Å². The second-order valence-corrected chi connectivity index (χ2v) is 9.43. The number of rotatable bonds is 12. The van der Waals surface area contributed by atoms with Crippen molar-refractivity contribution in [3.8, 4) is 0 Å². The lowest BCUT2D eigenvalue weighted by Gasteiger charge is -2.44. The average Bonchev–Trinajstić information content (AvgIpc) is 2.62. The lowest BCUT2D eigenvalue weighted by molar-refractivity contribution is -0.187. The fourth-order valence-corrected chi connectivity index (χ4v) is 3.16. The molecule has 3 heterocycles. The quantitative estimate of drug-likeness (QED) is 0.541. The summed E-state index contributed by atoms with van der Waals surface area (Å²) in [6, 6.07) is 0. The summed E-state index contributed by atoms with van der Waals surface area (Å²) in [5.41, 5.74) is 0.573. The predicted molar refractivity (Wildman–Crippen MR) is 109 cm³/mol. The van der Waals surface area contributed by atoms with E-state index in [2.05, 4.69) is 20.8 Å². The second kappa shape index (κ2) is 11.2. The van der Waals surface area contributed by atoms with E-state index in [1.54, 1.807) is 0 Å². The molecule has 0 radical (unpaired) electrons. The van der Waals surface area contributed by atoms with Crippen molar-refractivity contribution in [1.82, 2.24) is 0 Å². The zero-order valence-corrected chi connectivity index (χ0v) is 18.5. The topological polar surface area (TPSA) is 66.4 Å². The molecule has 3 rings (SSSR count). The van der Waals surface area contributed by atoms with Crippen molar-refractivity contribution in [3.05, 3.63) is 0 Å². The Bertz CT molecular complexity index is 392. The van der Waals surface area contributed by atoms with Crippen molar-refractivity contribution in [1.29, 1.82) is 0 Å². The standard InChI is InChI=1S/C12H22O3.C10H20O3/c1-3-11(5-13-6-11)9-15-10-12(4-2)7-14-8-12;1-3-10(2,7-11)8-13-6-9-4-12-5-9/h3-10H2,1-2H3;9,11H,3-8H2,1-2H3. The second-order valence-electron chi connectivity index (χ2n) is 9.43. The molecule has 6 nitrogen and oxygen atoms in total. The fraction of sp³-hybridized carbons (Fsp3) is 1.00. The van der Waals surface area contributed by atoms with Gasteiger partial charge in [0.25, 0.3) is 0 Å². The highest BCUT2D eigenvalue weighted by Crippen LogP contribution is 2.35. The first-order valence-electron chi connectivity index (χ1n) is 10.9. The zero-order valence-electron chi connectivity index (χ0n) is 18.5. The molecule has 3 saturated heterocycles. The molecule has 3 fully saturated rings. The molecule has 28 heavy (non-hydrogen) atoms. The van der Waals surface area contributed by atoms with Gasteiger partial charge in [-0.3, -0.25) is 0 Å². The molecule has 1 N–H and O–H groups in total. The number of ether oxygens (including phenoxy) is 5. The molecule has 0 saturated carbocycles. The van der Waals surface area contributed by atoms with Gasteiger partial charge in [0.15, 0.2) is 0 Å². The first-order valence-corrected chi connectivity index (χ1v) is 10.9. The molecule has 0 aliphatic carbocycles. The highest BCUT2D eigenvalue weighted by atomic mass is 16.5. The maximum atomic E-state index is 9.12.